The summed E-state index contributed by atoms with van der Waals surface area (Å²) >= 11 is 0. The lowest BCUT2D eigenvalue weighted by molar-refractivity contribution is -0.147. The molecule has 1 atom stereocenters. The molecule has 5 nitrogen and oxygen atoms in total. The minimum atomic E-state index is -0.628. The molecule has 1 fully saturated rings. The van der Waals surface area contributed by atoms with Crippen molar-refractivity contribution in [3.63, 3.8) is 0 Å². The number of nitrogens with one attached hydrogen (secondary N) is 1. The molecule has 1 saturated heterocycles. The molecule has 4 rings (SSSR count). The summed E-state index contributed by atoms with van der Waals surface area (Å²) in [7, 11) is 2.00. The lowest BCUT2D eigenvalue weighted by Gasteiger charge is -2.37. The van der Waals surface area contributed by atoms with Gasteiger partial charge in [-0.25, -0.2) is 0 Å². The van der Waals surface area contributed by atoms with Crippen LogP contribution in [0.3, 0.4) is 0 Å². The number of carbonyl (C=O) groups excluding carboxylic acids is 2. The van der Waals surface area contributed by atoms with Gasteiger partial charge in [-0.2, -0.15) is 0 Å². The van der Waals surface area contributed by atoms with Crippen molar-refractivity contribution in [1.29, 1.82) is 0 Å². The Morgan fingerprint density at radius 1 is 1.07 bits per heavy atom. The van der Waals surface area contributed by atoms with E-state index in [1.165, 1.54) is 0 Å². The second-order valence-electron chi connectivity index (χ2n) is 7.12. The number of anilines is 1. The Hall–Kier alpha value is -3.08. The maximum atomic E-state index is 13.3. The number of hydrogen-bond acceptors (Lipinski definition) is 2. The summed E-state index contributed by atoms with van der Waals surface area (Å²) in [5.41, 5.74) is 4.74. The molecular weight excluding hydrogens is 338 g/mol. The first-order chi connectivity index (χ1) is 13.0. The van der Waals surface area contributed by atoms with Crippen molar-refractivity contribution in [2.24, 2.45) is 7.05 Å². The third-order valence-electron chi connectivity index (χ3n) is 5.57. The molecule has 1 unspecified atom stereocenters. The normalized spacial score (nSPS) is 14.9. The van der Waals surface area contributed by atoms with Gasteiger partial charge in [0.25, 0.3) is 5.91 Å². The number of nitrogens with zero attached hydrogens (tertiary/aromatic N) is 2. The number of fused-ring (bicyclic) bond motifs is 1. The van der Waals surface area contributed by atoms with E-state index in [0.717, 1.165) is 33.4 Å². The van der Waals surface area contributed by atoms with Crippen LogP contribution in [0.5, 0.6) is 0 Å². The molecule has 1 aliphatic rings. The number of rotatable bonds is 4. The van der Waals surface area contributed by atoms with Gasteiger partial charge < -0.3 is 14.8 Å². The van der Waals surface area contributed by atoms with E-state index in [4.69, 9.17) is 0 Å². The van der Waals surface area contributed by atoms with E-state index >= 15 is 0 Å². The van der Waals surface area contributed by atoms with Crippen LogP contribution in [0, 0.1) is 13.8 Å². The van der Waals surface area contributed by atoms with Gasteiger partial charge in [0, 0.05) is 47.9 Å². The zero-order chi connectivity index (χ0) is 19.1. The van der Waals surface area contributed by atoms with Crippen molar-refractivity contribution >= 4 is 28.4 Å². The van der Waals surface area contributed by atoms with Gasteiger partial charge in [0.2, 0.25) is 5.91 Å². The van der Waals surface area contributed by atoms with E-state index in [9.17, 15) is 9.59 Å². The van der Waals surface area contributed by atoms with Gasteiger partial charge in [0.1, 0.15) is 6.04 Å². The molecule has 1 N–H and O–H groups in total. The highest BCUT2D eigenvalue weighted by atomic mass is 16.2. The van der Waals surface area contributed by atoms with Crippen LogP contribution in [0.25, 0.3) is 10.9 Å². The molecule has 0 bridgehead atoms. The Labute approximate surface area is 158 Å². The van der Waals surface area contributed by atoms with E-state index in [2.05, 4.69) is 9.88 Å². The predicted molar refractivity (Wildman–Crippen MR) is 107 cm³/mol. The SMILES string of the molecule is Cc1ccccc1NC(=O)C(c1c(C)n(C)c2ccccc12)N1CCC1=O. The molecule has 27 heavy (non-hydrogen) atoms. The molecule has 2 aromatic carbocycles. The van der Waals surface area contributed by atoms with E-state index in [-0.39, 0.29) is 11.8 Å². The first-order valence-corrected chi connectivity index (χ1v) is 9.19. The number of amides is 2. The largest absolute Gasteiger partial charge is 0.348 e. The molecule has 2 amide bonds. The summed E-state index contributed by atoms with van der Waals surface area (Å²) in [5.74, 6) is -0.149. The van der Waals surface area contributed by atoms with E-state index < -0.39 is 6.04 Å². The smallest absolute Gasteiger partial charge is 0.251 e. The second-order valence-corrected chi connectivity index (χ2v) is 7.12. The third kappa shape index (κ3) is 2.79. The van der Waals surface area contributed by atoms with Crippen LogP contribution in [0.2, 0.25) is 0 Å². The summed E-state index contributed by atoms with van der Waals surface area (Å²) in [4.78, 5) is 27.3. The Balaban J connectivity index is 1.82. The van der Waals surface area contributed by atoms with Crippen LogP contribution in [0.4, 0.5) is 5.69 Å². The average molecular weight is 361 g/mol. The fourth-order valence-corrected chi connectivity index (χ4v) is 3.84. The first kappa shape index (κ1) is 17.3. The van der Waals surface area contributed by atoms with Crippen molar-refractivity contribution in [3.8, 4) is 0 Å². The van der Waals surface area contributed by atoms with Crippen molar-refractivity contribution < 1.29 is 9.59 Å². The topological polar surface area (TPSA) is 54.3 Å². The number of aromatic nitrogens is 1. The number of aryl methyl sites for hydroxylation is 2. The molecule has 1 aromatic heterocycles. The number of β-lactam (4-membered cyclic amide) rings is 1. The molecule has 3 aromatic rings. The Morgan fingerprint density at radius 3 is 2.44 bits per heavy atom. The predicted octanol–water partition coefficient (Wildman–Crippen LogP) is 3.71. The third-order valence-corrected chi connectivity index (χ3v) is 5.57. The zero-order valence-corrected chi connectivity index (χ0v) is 15.8. The highest BCUT2D eigenvalue weighted by Gasteiger charge is 2.39. The van der Waals surface area contributed by atoms with Crippen molar-refractivity contribution in [3.05, 3.63) is 65.4 Å². The van der Waals surface area contributed by atoms with Crippen LogP contribution in [-0.2, 0) is 16.6 Å². The van der Waals surface area contributed by atoms with Gasteiger partial charge in [-0.15, -0.1) is 0 Å². The molecule has 1 aliphatic heterocycles. The van der Waals surface area contributed by atoms with Crippen LogP contribution >= 0.6 is 0 Å². The van der Waals surface area contributed by atoms with Crippen molar-refractivity contribution in [1.82, 2.24) is 9.47 Å². The maximum absolute atomic E-state index is 13.3. The monoisotopic (exact) mass is 361 g/mol. The maximum Gasteiger partial charge on any atom is 0.251 e. The zero-order valence-electron chi connectivity index (χ0n) is 15.8. The molecule has 0 saturated carbocycles. The molecule has 0 spiro atoms. The van der Waals surface area contributed by atoms with Crippen LogP contribution in [0.15, 0.2) is 48.5 Å². The van der Waals surface area contributed by atoms with Gasteiger partial charge in [-0.05, 0) is 31.5 Å². The summed E-state index contributed by atoms with van der Waals surface area (Å²) in [6.45, 7) is 4.57. The summed E-state index contributed by atoms with van der Waals surface area (Å²) in [6, 6.07) is 15.1. The number of likely N-dealkylation sites (tertiary alicyclic amines) is 1. The Bertz CT molecular complexity index is 1050. The van der Waals surface area contributed by atoms with Crippen molar-refractivity contribution in [2.45, 2.75) is 26.3 Å². The molecular formula is C22H23N3O2. The van der Waals surface area contributed by atoms with Crippen LogP contribution in [-0.4, -0.2) is 27.8 Å². The average Bonchev–Trinajstić information content (AvgIpc) is 2.91. The summed E-state index contributed by atoms with van der Waals surface area (Å²) in [6.07, 6.45) is 0.498. The Kier molecular flexibility index (Phi) is 4.22. The minimum absolute atomic E-state index is 0.0206. The van der Waals surface area contributed by atoms with Crippen LogP contribution < -0.4 is 5.32 Å². The molecule has 2 heterocycles. The molecule has 138 valence electrons. The standard InChI is InChI=1S/C22H23N3O2/c1-14-8-4-6-10-17(14)23-22(27)21(25-13-12-19(25)26)20-15(2)24(3)18-11-7-5-9-16(18)20/h4-11,21H,12-13H2,1-3H3,(H,23,27). The number of para-hydroxylation sites is 2. The highest BCUT2D eigenvalue weighted by Crippen LogP contribution is 2.36. The van der Waals surface area contributed by atoms with Gasteiger partial charge in [-0.3, -0.25) is 9.59 Å². The lowest BCUT2D eigenvalue weighted by Crippen LogP contribution is -2.49. The lowest BCUT2D eigenvalue weighted by atomic mass is 9.97. The van der Waals surface area contributed by atoms with E-state index in [1.807, 2.05) is 69.4 Å². The first-order valence-electron chi connectivity index (χ1n) is 9.19. The second kappa shape index (κ2) is 6.58. The number of carbonyl (C=O) groups is 2. The summed E-state index contributed by atoms with van der Waals surface area (Å²) < 4.78 is 2.09. The summed E-state index contributed by atoms with van der Waals surface area (Å²) in [5, 5.41) is 4.05. The van der Waals surface area contributed by atoms with Crippen LogP contribution in [0.1, 0.15) is 29.3 Å². The van der Waals surface area contributed by atoms with Gasteiger partial charge in [-0.1, -0.05) is 36.4 Å². The fraction of sp³-hybridized carbons (Fsp3) is 0.273. The molecule has 0 radical (unpaired) electrons. The number of benzene rings is 2. The fourth-order valence-electron chi connectivity index (χ4n) is 3.84. The molecule has 0 aliphatic carbocycles. The quantitative estimate of drug-likeness (QED) is 0.720. The molecule has 5 heteroatoms. The van der Waals surface area contributed by atoms with Crippen molar-refractivity contribution in [2.75, 3.05) is 11.9 Å². The number of hydrogen-bond donors (Lipinski definition) is 1. The minimum Gasteiger partial charge on any atom is -0.348 e. The van der Waals surface area contributed by atoms with E-state index in [0.29, 0.717) is 13.0 Å². The van der Waals surface area contributed by atoms with Gasteiger partial charge in [0.05, 0.1) is 0 Å². The van der Waals surface area contributed by atoms with Gasteiger partial charge >= 0.3 is 0 Å². The Morgan fingerprint density at radius 2 is 1.78 bits per heavy atom. The highest BCUT2D eigenvalue weighted by molar-refractivity contribution is 6.02. The van der Waals surface area contributed by atoms with E-state index in [1.54, 1.807) is 4.90 Å². The van der Waals surface area contributed by atoms with Gasteiger partial charge in [0.15, 0.2) is 0 Å².